The largest absolute Gasteiger partial charge is 0.494 e. The molecule has 1 aromatic rings. The van der Waals surface area contributed by atoms with E-state index in [2.05, 4.69) is 37.4 Å². The first-order valence-corrected chi connectivity index (χ1v) is 6.57. The molecule has 0 aliphatic rings. The molecular weight excluding hydrogens is 224 g/mol. The van der Waals surface area contributed by atoms with Gasteiger partial charge in [0.1, 0.15) is 5.75 Å². The van der Waals surface area contributed by atoms with Crippen molar-refractivity contribution in [1.29, 1.82) is 0 Å². The van der Waals surface area contributed by atoms with Crippen LogP contribution in [0.1, 0.15) is 18.4 Å². The molecule has 1 nitrogen and oxygen atoms in total. The highest BCUT2D eigenvalue weighted by Gasteiger charge is 1.95. The Bertz CT molecular complexity index is 259. The molecule has 0 saturated carbocycles. The smallest absolute Gasteiger partial charge is 0.119 e. The predicted molar refractivity (Wildman–Crippen MR) is 72.6 cm³/mol. The van der Waals surface area contributed by atoms with E-state index in [1.807, 2.05) is 12.1 Å². The van der Waals surface area contributed by atoms with Crippen LogP contribution in [0.4, 0.5) is 0 Å². The van der Waals surface area contributed by atoms with Crippen molar-refractivity contribution in [3.05, 3.63) is 29.8 Å². The summed E-state index contributed by atoms with van der Waals surface area (Å²) >= 11 is 8.33. The SMILES string of the molecule is SCCCOc1ccc(CCCS)cc1. The van der Waals surface area contributed by atoms with Gasteiger partial charge in [-0.05, 0) is 48.5 Å². The lowest BCUT2D eigenvalue weighted by Crippen LogP contribution is -1.97. The molecule has 0 N–H and O–H groups in total. The molecule has 0 atom stereocenters. The molecule has 84 valence electrons. The lowest BCUT2D eigenvalue weighted by molar-refractivity contribution is 0.319. The van der Waals surface area contributed by atoms with Gasteiger partial charge in [-0.25, -0.2) is 0 Å². The van der Waals surface area contributed by atoms with Crippen LogP contribution < -0.4 is 4.74 Å². The van der Waals surface area contributed by atoms with Gasteiger partial charge < -0.3 is 4.74 Å². The summed E-state index contributed by atoms with van der Waals surface area (Å²) in [6.45, 7) is 0.749. The van der Waals surface area contributed by atoms with E-state index >= 15 is 0 Å². The van der Waals surface area contributed by atoms with Gasteiger partial charge in [0.25, 0.3) is 0 Å². The Morgan fingerprint density at radius 3 is 2.20 bits per heavy atom. The van der Waals surface area contributed by atoms with Crippen LogP contribution >= 0.6 is 25.3 Å². The second-order valence-electron chi connectivity index (χ2n) is 3.40. The maximum Gasteiger partial charge on any atom is 0.119 e. The number of rotatable bonds is 7. The monoisotopic (exact) mass is 242 g/mol. The summed E-state index contributed by atoms with van der Waals surface area (Å²) in [5.74, 6) is 2.77. The van der Waals surface area contributed by atoms with Crippen LogP contribution in [0.2, 0.25) is 0 Å². The van der Waals surface area contributed by atoms with E-state index in [1.165, 1.54) is 5.56 Å². The van der Waals surface area contributed by atoms with Crippen molar-refractivity contribution < 1.29 is 4.74 Å². The van der Waals surface area contributed by atoms with Crippen LogP contribution in [0.15, 0.2) is 24.3 Å². The summed E-state index contributed by atoms with van der Waals surface area (Å²) in [5, 5.41) is 0. The first kappa shape index (κ1) is 12.8. The molecule has 15 heavy (non-hydrogen) atoms. The van der Waals surface area contributed by atoms with E-state index in [-0.39, 0.29) is 0 Å². The average molecular weight is 242 g/mol. The van der Waals surface area contributed by atoms with Crippen molar-refractivity contribution in [2.24, 2.45) is 0 Å². The molecule has 0 fully saturated rings. The first-order chi connectivity index (χ1) is 7.36. The summed E-state index contributed by atoms with van der Waals surface area (Å²) in [5.41, 5.74) is 1.35. The van der Waals surface area contributed by atoms with Crippen molar-refractivity contribution in [3.63, 3.8) is 0 Å². The zero-order valence-corrected chi connectivity index (χ0v) is 10.6. The molecule has 0 radical (unpaired) electrons. The summed E-state index contributed by atoms with van der Waals surface area (Å²) in [4.78, 5) is 0. The fourth-order valence-electron chi connectivity index (χ4n) is 1.29. The minimum atomic E-state index is 0.749. The second kappa shape index (κ2) is 7.94. The minimum absolute atomic E-state index is 0.749. The van der Waals surface area contributed by atoms with Gasteiger partial charge in [0.2, 0.25) is 0 Å². The Kier molecular flexibility index (Phi) is 6.77. The normalized spacial score (nSPS) is 10.3. The van der Waals surface area contributed by atoms with Gasteiger partial charge in [0.05, 0.1) is 6.61 Å². The Morgan fingerprint density at radius 1 is 0.933 bits per heavy atom. The molecule has 0 amide bonds. The van der Waals surface area contributed by atoms with Crippen LogP contribution in [-0.2, 0) is 6.42 Å². The van der Waals surface area contributed by atoms with E-state index in [4.69, 9.17) is 4.74 Å². The van der Waals surface area contributed by atoms with Crippen molar-refractivity contribution in [2.45, 2.75) is 19.3 Å². The Balaban J connectivity index is 2.35. The van der Waals surface area contributed by atoms with Gasteiger partial charge in [-0.3, -0.25) is 0 Å². The standard InChI is InChI=1S/C12H18OS2/c14-9-1-3-11-4-6-12(7-5-11)13-8-2-10-15/h4-7,14-15H,1-3,8-10H2. The van der Waals surface area contributed by atoms with Gasteiger partial charge in [-0.15, -0.1) is 0 Å². The zero-order chi connectivity index (χ0) is 10.9. The highest BCUT2D eigenvalue weighted by atomic mass is 32.1. The molecule has 0 aliphatic heterocycles. The van der Waals surface area contributed by atoms with Crippen LogP contribution in [-0.4, -0.2) is 18.1 Å². The molecule has 0 aliphatic carbocycles. The first-order valence-electron chi connectivity index (χ1n) is 5.30. The zero-order valence-electron chi connectivity index (χ0n) is 8.85. The van der Waals surface area contributed by atoms with E-state index in [0.717, 1.165) is 43.1 Å². The molecule has 0 bridgehead atoms. The Morgan fingerprint density at radius 2 is 1.60 bits per heavy atom. The number of benzene rings is 1. The summed E-state index contributed by atoms with van der Waals surface area (Å²) in [6, 6.07) is 8.32. The predicted octanol–water partition coefficient (Wildman–Crippen LogP) is 3.25. The molecule has 1 rings (SSSR count). The Hall–Kier alpha value is -0.280. The number of thiol groups is 2. The molecule has 0 saturated heterocycles. The number of aryl methyl sites for hydroxylation is 1. The van der Waals surface area contributed by atoms with Gasteiger partial charge in [-0.2, -0.15) is 25.3 Å². The van der Waals surface area contributed by atoms with E-state index < -0.39 is 0 Å². The fourth-order valence-corrected chi connectivity index (χ4v) is 1.58. The average Bonchev–Trinajstić information content (AvgIpc) is 2.28. The quantitative estimate of drug-likeness (QED) is 0.551. The van der Waals surface area contributed by atoms with Crippen LogP contribution in [0.3, 0.4) is 0 Å². The van der Waals surface area contributed by atoms with Crippen LogP contribution in [0, 0.1) is 0 Å². The Labute approximate surface area is 103 Å². The van der Waals surface area contributed by atoms with Gasteiger partial charge in [0, 0.05) is 0 Å². The molecular formula is C12H18OS2. The number of hydrogen-bond donors (Lipinski definition) is 2. The second-order valence-corrected chi connectivity index (χ2v) is 4.29. The molecule has 0 aromatic heterocycles. The van der Waals surface area contributed by atoms with Crippen molar-refractivity contribution in [2.75, 3.05) is 18.1 Å². The third-order valence-electron chi connectivity index (χ3n) is 2.12. The highest BCUT2D eigenvalue weighted by molar-refractivity contribution is 7.80. The van der Waals surface area contributed by atoms with E-state index in [1.54, 1.807) is 0 Å². The van der Waals surface area contributed by atoms with E-state index in [9.17, 15) is 0 Å². The number of ether oxygens (including phenoxy) is 1. The van der Waals surface area contributed by atoms with Crippen molar-refractivity contribution >= 4 is 25.3 Å². The fraction of sp³-hybridized carbons (Fsp3) is 0.500. The van der Waals surface area contributed by atoms with Crippen LogP contribution in [0.25, 0.3) is 0 Å². The third-order valence-corrected chi connectivity index (χ3v) is 2.75. The maximum absolute atomic E-state index is 5.54. The lowest BCUT2D eigenvalue weighted by Gasteiger charge is -2.06. The summed E-state index contributed by atoms with van der Waals surface area (Å²) < 4.78 is 5.54. The molecule has 0 spiro atoms. The minimum Gasteiger partial charge on any atom is -0.494 e. The molecule has 0 heterocycles. The van der Waals surface area contributed by atoms with Crippen molar-refractivity contribution in [1.82, 2.24) is 0 Å². The van der Waals surface area contributed by atoms with E-state index in [0.29, 0.717) is 0 Å². The summed E-state index contributed by atoms with van der Waals surface area (Å²) in [6.07, 6.45) is 3.22. The summed E-state index contributed by atoms with van der Waals surface area (Å²) in [7, 11) is 0. The van der Waals surface area contributed by atoms with Gasteiger partial charge in [0.15, 0.2) is 0 Å². The molecule has 1 aromatic carbocycles. The maximum atomic E-state index is 5.54. The van der Waals surface area contributed by atoms with Gasteiger partial charge in [-0.1, -0.05) is 12.1 Å². The number of hydrogen-bond acceptors (Lipinski definition) is 3. The molecule has 0 unspecified atom stereocenters. The topological polar surface area (TPSA) is 9.23 Å². The molecule has 3 heteroatoms. The highest BCUT2D eigenvalue weighted by Crippen LogP contribution is 2.13. The van der Waals surface area contributed by atoms with Crippen LogP contribution in [0.5, 0.6) is 5.75 Å². The van der Waals surface area contributed by atoms with Crippen molar-refractivity contribution in [3.8, 4) is 5.75 Å². The van der Waals surface area contributed by atoms with Gasteiger partial charge >= 0.3 is 0 Å². The lowest BCUT2D eigenvalue weighted by atomic mass is 10.1. The third kappa shape index (κ3) is 5.38.